The van der Waals surface area contributed by atoms with Crippen molar-refractivity contribution in [1.82, 2.24) is 0 Å². The second kappa shape index (κ2) is 2.34. The largest absolute Gasteiger partial charge is 0.0651 e. The van der Waals surface area contributed by atoms with Crippen molar-refractivity contribution >= 4 is 0 Å². The molecule has 0 saturated heterocycles. The van der Waals surface area contributed by atoms with Crippen LogP contribution in [0.1, 0.15) is 32.6 Å². The zero-order chi connectivity index (χ0) is 5.11. The highest BCUT2D eigenvalue weighted by atomic mass is 14.2. The van der Waals surface area contributed by atoms with Crippen LogP contribution in [0.5, 0.6) is 0 Å². The predicted octanol–water partition coefficient (Wildman–Crippen LogP) is 2.40. The van der Waals surface area contributed by atoms with E-state index in [1.165, 1.54) is 25.7 Å². The van der Waals surface area contributed by atoms with E-state index in [9.17, 15) is 0 Å². The molecule has 41 valence electrons. The zero-order valence-corrected chi connectivity index (χ0v) is 4.98. The van der Waals surface area contributed by atoms with Crippen molar-refractivity contribution in [2.24, 2.45) is 5.92 Å². The highest BCUT2D eigenvalue weighted by molar-refractivity contribution is 4.81. The summed E-state index contributed by atoms with van der Waals surface area (Å²) in [5.74, 6) is 0.972. The molecule has 0 spiro atoms. The van der Waals surface area contributed by atoms with Gasteiger partial charge in [0.05, 0.1) is 0 Å². The molecule has 1 radical (unpaired) electrons. The Morgan fingerprint density at radius 3 is 2.86 bits per heavy atom. The summed E-state index contributed by atoms with van der Waals surface area (Å²) in [6.45, 7) is 2.27. The summed E-state index contributed by atoms with van der Waals surface area (Å²) in [6.07, 6.45) is 8.09. The highest BCUT2D eigenvalue weighted by Gasteiger charge is 2.11. The van der Waals surface area contributed by atoms with Gasteiger partial charge in [0, 0.05) is 0 Å². The first-order chi connectivity index (χ1) is 3.43. The van der Waals surface area contributed by atoms with Gasteiger partial charge in [-0.25, -0.2) is 0 Å². The Hall–Kier alpha value is 0. The number of hydrogen-bond donors (Lipinski definition) is 0. The van der Waals surface area contributed by atoms with Crippen molar-refractivity contribution in [3.63, 3.8) is 0 Å². The molecule has 1 unspecified atom stereocenters. The van der Waals surface area contributed by atoms with Gasteiger partial charge in [0.25, 0.3) is 0 Å². The van der Waals surface area contributed by atoms with Gasteiger partial charge in [-0.05, 0) is 18.8 Å². The second-order valence-electron chi connectivity index (χ2n) is 2.33. The normalized spacial score (nSPS) is 23.6. The summed E-state index contributed by atoms with van der Waals surface area (Å²) in [5.41, 5.74) is 0. The van der Waals surface area contributed by atoms with Crippen LogP contribution in [0, 0.1) is 12.3 Å². The zero-order valence-electron chi connectivity index (χ0n) is 4.98. The molecule has 0 aromatic heterocycles. The van der Waals surface area contributed by atoms with Crippen LogP contribution in [-0.4, -0.2) is 0 Å². The Morgan fingerprint density at radius 1 is 1.71 bits per heavy atom. The lowest BCUT2D eigenvalue weighted by Gasteiger charge is -1.99. The first-order valence-electron chi connectivity index (χ1n) is 3.27. The van der Waals surface area contributed by atoms with E-state index >= 15 is 0 Å². The predicted molar refractivity (Wildman–Crippen MR) is 31.9 cm³/mol. The Bertz CT molecular complexity index is 42.0. The molecule has 0 amide bonds. The molecular formula is C7H13. The van der Waals surface area contributed by atoms with Crippen molar-refractivity contribution < 1.29 is 0 Å². The molecule has 0 N–H and O–H groups in total. The van der Waals surface area contributed by atoms with Gasteiger partial charge >= 0.3 is 0 Å². The van der Waals surface area contributed by atoms with E-state index in [0.717, 1.165) is 5.92 Å². The van der Waals surface area contributed by atoms with Crippen molar-refractivity contribution in [3.8, 4) is 0 Å². The van der Waals surface area contributed by atoms with E-state index in [0.29, 0.717) is 0 Å². The average Bonchev–Trinajstić information content (AvgIpc) is 2.14. The summed E-state index contributed by atoms with van der Waals surface area (Å²) in [4.78, 5) is 0. The summed E-state index contributed by atoms with van der Waals surface area (Å²) in [6, 6.07) is 0. The minimum absolute atomic E-state index is 0.972. The van der Waals surface area contributed by atoms with E-state index in [1.54, 1.807) is 0 Å². The summed E-state index contributed by atoms with van der Waals surface area (Å²) < 4.78 is 0. The van der Waals surface area contributed by atoms with Crippen LogP contribution in [0.25, 0.3) is 0 Å². The van der Waals surface area contributed by atoms with Gasteiger partial charge < -0.3 is 0 Å². The van der Waals surface area contributed by atoms with Gasteiger partial charge in [-0.2, -0.15) is 0 Å². The number of hydrogen-bond acceptors (Lipinski definition) is 0. The summed E-state index contributed by atoms with van der Waals surface area (Å²) >= 11 is 0. The third-order valence-corrected chi connectivity index (χ3v) is 1.80. The molecule has 0 heteroatoms. The van der Waals surface area contributed by atoms with Gasteiger partial charge in [0.15, 0.2) is 0 Å². The molecule has 1 rings (SSSR count). The lowest BCUT2D eigenvalue weighted by molar-refractivity contribution is 0.602. The van der Waals surface area contributed by atoms with Crippen LogP contribution in [0.15, 0.2) is 0 Å². The van der Waals surface area contributed by atoms with E-state index in [-0.39, 0.29) is 0 Å². The molecule has 0 aromatic rings. The minimum atomic E-state index is 0.972. The molecule has 0 aromatic carbocycles. The first-order valence-corrected chi connectivity index (χ1v) is 3.27. The standard InChI is InChI=1S/C7H13/c1-2-7-5-3-4-6-7/h5,7H,2-4,6H2,1H3. The van der Waals surface area contributed by atoms with Gasteiger partial charge in [-0.15, -0.1) is 0 Å². The Morgan fingerprint density at radius 2 is 2.57 bits per heavy atom. The fourth-order valence-corrected chi connectivity index (χ4v) is 1.22. The summed E-state index contributed by atoms with van der Waals surface area (Å²) in [5, 5.41) is 0. The SMILES string of the molecule is CCC1[CH]CCC1. The molecule has 7 heavy (non-hydrogen) atoms. The molecule has 0 heterocycles. The van der Waals surface area contributed by atoms with Crippen LogP contribution < -0.4 is 0 Å². The maximum absolute atomic E-state index is 2.46. The minimum Gasteiger partial charge on any atom is -0.0651 e. The quantitative estimate of drug-likeness (QED) is 0.471. The van der Waals surface area contributed by atoms with E-state index in [4.69, 9.17) is 0 Å². The maximum atomic E-state index is 2.46. The Balaban J connectivity index is 2.14. The average molecular weight is 97.2 g/mol. The molecule has 1 saturated carbocycles. The monoisotopic (exact) mass is 97.1 g/mol. The fourth-order valence-electron chi connectivity index (χ4n) is 1.22. The number of rotatable bonds is 1. The van der Waals surface area contributed by atoms with Crippen LogP contribution in [-0.2, 0) is 0 Å². The Kier molecular flexibility index (Phi) is 1.72. The molecule has 0 aliphatic heterocycles. The molecule has 0 bridgehead atoms. The van der Waals surface area contributed by atoms with Gasteiger partial charge in [-0.1, -0.05) is 26.2 Å². The van der Waals surface area contributed by atoms with E-state index < -0.39 is 0 Å². The highest BCUT2D eigenvalue weighted by Crippen LogP contribution is 2.25. The van der Waals surface area contributed by atoms with E-state index in [1.807, 2.05) is 0 Å². The van der Waals surface area contributed by atoms with Crippen LogP contribution in [0.4, 0.5) is 0 Å². The second-order valence-corrected chi connectivity index (χ2v) is 2.33. The van der Waals surface area contributed by atoms with Crippen molar-refractivity contribution in [2.75, 3.05) is 0 Å². The van der Waals surface area contributed by atoms with Gasteiger partial charge in [0.1, 0.15) is 0 Å². The first kappa shape index (κ1) is 5.14. The van der Waals surface area contributed by atoms with Crippen molar-refractivity contribution in [3.05, 3.63) is 6.42 Å². The lowest BCUT2D eigenvalue weighted by Crippen LogP contribution is -1.87. The molecular weight excluding hydrogens is 84.1 g/mol. The summed E-state index contributed by atoms with van der Waals surface area (Å²) in [7, 11) is 0. The lowest BCUT2D eigenvalue weighted by atomic mass is 10.1. The maximum Gasteiger partial charge on any atom is -0.0355 e. The fraction of sp³-hybridized carbons (Fsp3) is 0.857. The Labute approximate surface area is 45.9 Å². The van der Waals surface area contributed by atoms with Crippen molar-refractivity contribution in [1.29, 1.82) is 0 Å². The topological polar surface area (TPSA) is 0 Å². The molecule has 1 aliphatic rings. The molecule has 1 fully saturated rings. The molecule has 1 atom stereocenters. The van der Waals surface area contributed by atoms with Gasteiger partial charge in [0.2, 0.25) is 0 Å². The van der Waals surface area contributed by atoms with Crippen LogP contribution >= 0.6 is 0 Å². The molecule has 1 aliphatic carbocycles. The van der Waals surface area contributed by atoms with Crippen LogP contribution in [0.3, 0.4) is 0 Å². The smallest absolute Gasteiger partial charge is 0.0355 e. The van der Waals surface area contributed by atoms with E-state index in [2.05, 4.69) is 13.3 Å². The molecule has 0 nitrogen and oxygen atoms in total. The van der Waals surface area contributed by atoms with Gasteiger partial charge in [-0.3, -0.25) is 0 Å². The third kappa shape index (κ3) is 1.19. The van der Waals surface area contributed by atoms with Crippen LogP contribution in [0.2, 0.25) is 0 Å². The van der Waals surface area contributed by atoms with Crippen molar-refractivity contribution in [2.45, 2.75) is 32.6 Å². The third-order valence-electron chi connectivity index (χ3n) is 1.80.